The monoisotopic (exact) mass is 257 g/mol. The molecule has 1 heterocycles. The van der Waals surface area contributed by atoms with Crippen molar-refractivity contribution in [2.24, 2.45) is 0 Å². The first-order valence-corrected chi connectivity index (χ1v) is 6.53. The summed E-state index contributed by atoms with van der Waals surface area (Å²) in [5.41, 5.74) is 1.55. The van der Waals surface area contributed by atoms with Crippen LogP contribution in [0.5, 0.6) is 0 Å². The summed E-state index contributed by atoms with van der Waals surface area (Å²) in [7, 11) is 0. The predicted octanol–water partition coefficient (Wildman–Crippen LogP) is 2.14. The zero-order valence-electron chi connectivity index (χ0n) is 10.6. The molecule has 1 saturated carbocycles. The Labute approximate surface area is 111 Å². The number of hydrogen-bond donors (Lipinski definition) is 0. The minimum absolute atomic E-state index is 0.181. The summed E-state index contributed by atoms with van der Waals surface area (Å²) < 4.78 is 11.4. The summed E-state index contributed by atoms with van der Waals surface area (Å²) in [5, 5.41) is 8.80. The van der Waals surface area contributed by atoms with Crippen LogP contribution in [-0.2, 0) is 14.3 Å². The lowest BCUT2D eigenvalue weighted by molar-refractivity contribution is -0.183. The van der Waals surface area contributed by atoms with Crippen LogP contribution in [0.4, 0.5) is 0 Å². The van der Waals surface area contributed by atoms with Gasteiger partial charge in [-0.25, -0.2) is 0 Å². The van der Waals surface area contributed by atoms with Crippen molar-refractivity contribution < 1.29 is 14.3 Å². The van der Waals surface area contributed by atoms with Crippen molar-refractivity contribution in [3.8, 4) is 6.07 Å². The van der Waals surface area contributed by atoms with E-state index < -0.39 is 5.79 Å². The third kappa shape index (κ3) is 2.27. The number of carbonyl (C=O) groups is 1. The van der Waals surface area contributed by atoms with Crippen molar-refractivity contribution in [3.63, 3.8) is 0 Å². The van der Waals surface area contributed by atoms with E-state index in [9.17, 15) is 4.79 Å². The summed E-state index contributed by atoms with van der Waals surface area (Å²) in [6.45, 7) is 1.21. The predicted molar refractivity (Wildman–Crippen MR) is 67.4 cm³/mol. The van der Waals surface area contributed by atoms with Crippen molar-refractivity contribution in [1.29, 1.82) is 5.26 Å². The molecule has 2 fully saturated rings. The van der Waals surface area contributed by atoms with Crippen LogP contribution in [0, 0.1) is 11.3 Å². The number of ketones is 1. The van der Waals surface area contributed by atoms with Gasteiger partial charge in [0.25, 0.3) is 0 Å². The van der Waals surface area contributed by atoms with Gasteiger partial charge in [0, 0.05) is 25.2 Å². The summed E-state index contributed by atoms with van der Waals surface area (Å²) in [4.78, 5) is 12.1. The summed E-state index contributed by atoms with van der Waals surface area (Å²) in [6.07, 6.45) is 1.72. The van der Waals surface area contributed by atoms with Crippen molar-refractivity contribution in [2.75, 3.05) is 13.2 Å². The number of carbonyl (C=O) groups excluding carboxylic acids is 1. The maximum atomic E-state index is 12.1. The fourth-order valence-electron chi connectivity index (χ4n) is 2.87. The number of Topliss-reactive ketones (excluding diaryl/α,β-unsaturated/α-hetero) is 1. The average molecular weight is 257 g/mol. The molecule has 1 aliphatic heterocycles. The van der Waals surface area contributed by atoms with Gasteiger partial charge in [0.2, 0.25) is 0 Å². The van der Waals surface area contributed by atoms with Gasteiger partial charge in [-0.15, -0.1) is 0 Å². The van der Waals surface area contributed by atoms with Gasteiger partial charge < -0.3 is 9.47 Å². The minimum Gasteiger partial charge on any atom is -0.347 e. The van der Waals surface area contributed by atoms with E-state index in [0.29, 0.717) is 38.0 Å². The number of hydrogen-bond acceptors (Lipinski definition) is 4. The van der Waals surface area contributed by atoms with Crippen molar-refractivity contribution in [1.82, 2.24) is 0 Å². The largest absolute Gasteiger partial charge is 0.347 e. The second kappa shape index (κ2) is 4.76. The Morgan fingerprint density at radius 2 is 1.89 bits per heavy atom. The Morgan fingerprint density at radius 3 is 2.53 bits per heavy atom. The third-order valence-corrected chi connectivity index (χ3v) is 3.91. The molecule has 1 saturated heterocycles. The fraction of sp³-hybridized carbons (Fsp3) is 0.467. The van der Waals surface area contributed by atoms with Crippen LogP contribution >= 0.6 is 0 Å². The highest BCUT2D eigenvalue weighted by Crippen LogP contribution is 2.41. The molecule has 1 atom stereocenters. The Kier molecular flexibility index (Phi) is 3.09. The van der Waals surface area contributed by atoms with E-state index in [1.54, 1.807) is 12.1 Å². The van der Waals surface area contributed by atoms with E-state index in [1.165, 1.54) is 0 Å². The highest BCUT2D eigenvalue weighted by Gasteiger charge is 2.45. The molecule has 19 heavy (non-hydrogen) atoms. The second-order valence-electron chi connectivity index (χ2n) is 5.06. The molecule has 0 bridgehead atoms. The molecule has 1 unspecified atom stereocenters. The van der Waals surface area contributed by atoms with Crippen LogP contribution in [0.25, 0.3) is 0 Å². The van der Waals surface area contributed by atoms with Crippen LogP contribution in [0.15, 0.2) is 24.3 Å². The Balaban J connectivity index is 1.85. The quantitative estimate of drug-likeness (QED) is 0.773. The lowest BCUT2D eigenvalue weighted by atomic mass is 9.79. The number of rotatable bonds is 1. The third-order valence-electron chi connectivity index (χ3n) is 3.91. The van der Waals surface area contributed by atoms with Crippen molar-refractivity contribution in [3.05, 3.63) is 35.4 Å². The zero-order chi connectivity index (χ0) is 13.3. The lowest BCUT2D eigenvalue weighted by Gasteiger charge is -2.35. The molecule has 0 amide bonds. The molecular weight excluding hydrogens is 242 g/mol. The van der Waals surface area contributed by atoms with E-state index in [-0.39, 0.29) is 11.7 Å². The second-order valence-corrected chi connectivity index (χ2v) is 5.06. The Morgan fingerprint density at radius 1 is 1.21 bits per heavy atom. The fourth-order valence-corrected chi connectivity index (χ4v) is 2.87. The number of ether oxygens (including phenoxy) is 2. The number of nitrogens with zero attached hydrogens (tertiary/aromatic N) is 1. The first-order chi connectivity index (χ1) is 9.22. The van der Waals surface area contributed by atoms with Gasteiger partial charge in [0.15, 0.2) is 5.79 Å². The van der Waals surface area contributed by atoms with E-state index in [1.807, 2.05) is 12.1 Å². The molecule has 1 aromatic carbocycles. The number of nitriles is 1. The maximum Gasteiger partial charge on any atom is 0.169 e. The molecule has 98 valence electrons. The molecule has 4 heteroatoms. The van der Waals surface area contributed by atoms with Crippen LogP contribution in [0.1, 0.15) is 36.3 Å². The molecule has 2 aliphatic rings. The van der Waals surface area contributed by atoms with Crippen LogP contribution in [-0.4, -0.2) is 24.8 Å². The van der Waals surface area contributed by atoms with Gasteiger partial charge in [0.05, 0.1) is 24.8 Å². The standard InChI is InChI=1S/C15H15NO3/c16-10-11-1-3-12(4-2-11)13-9-15(6-5-14(13)17)18-7-8-19-15/h1-4,13H,5-9H2. The smallest absolute Gasteiger partial charge is 0.169 e. The summed E-state index contributed by atoms with van der Waals surface area (Å²) in [5.74, 6) is -0.513. The van der Waals surface area contributed by atoms with Gasteiger partial charge in [-0.05, 0) is 17.7 Å². The molecule has 0 radical (unpaired) electrons. The molecule has 3 rings (SSSR count). The van der Waals surface area contributed by atoms with Crippen molar-refractivity contribution >= 4 is 5.78 Å². The topological polar surface area (TPSA) is 59.3 Å². The molecular formula is C15H15NO3. The molecule has 1 aliphatic carbocycles. The van der Waals surface area contributed by atoms with Gasteiger partial charge in [-0.3, -0.25) is 4.79 Å². The molecule has 0 aromatic heterocycles. The van der Waals surface area contributed by atoms with E-state index in [0.717, 1.165) is 5.56 Å². The van der Waals surface area contributed by atoms with Gasteiger partial charge in [-0.1, -0.05) is 12.1 Å². The molecule has 1 aromatic rings. The highest BCUT2D eigenvalue weighted by molar-refractivity contribution is 5.86. The van der Waals surface area contributed by atoms with E-state index >= 15 is 0 Å². The zero-order valence-corrected chi connectivity index (χ0v) is 10.6. The molecule has 1 spiro atoms. The van der Waals surface area contributed by atoms with Gasteiger partial charge in [-0.2, -0.15) is 5.26 Å². The SMILES string of the molecule is N#Cc1ccc(C2CC3(CCC2=O)OCCO3)cc1. The van der Waals surface area contributed by atoms with E-state index in [4.69, 9.17) is 14.7 Å². The van der Waals surface area contributed by atoms with Gasteiger partial charge >= 0.3 is 0 Å². The lowest BCUT2D eigenvalue weighted by Crippen LogP contribution is -2.39. The first-order valence-electron chi connectivity index (χ1n) is 6.53. The van der Waals surface area contributed by atoms with Crippen LogP contribution in [0.2, 0.25) is 0 Å². The Hall–Kier alpha value is -1.70. The highest BCUT2D eigenvalue weighted by atomic mass is 16.7. The number of benzene rings is 1. The van der Waals surface area contributed by atoms with Crippen molar-refractivity contribution in [2.45, 2.75) is 31.0 Å². The summed E-state index contributed by atoms with van der Waals surface area (Å²) >= 11 is 0. The van der Waals surface area contributed by atoms with E-state index in [2.05, 4.69) is 6.07 Å². The van der Waals surface area contributed by atoms with Crippen LogP contribution in [0.3, 0.4) is 0 Å². The molecule has 0 N–H and O–H groups in total. The normalized spacial score (nSPS) is 25.4. The molecule has 4 nitrogen and oxygen atoms in total. The average Bonchev–Trinajstić information content (AvgIpc) is 2.90. The maximum absolute atomic E-state index is 12.1. The van der Waals surface area contributed by atoms with Gasteiger partial charge in [0.1, 0.15) is 5.78 Å². The summed E-state index contributed by atoms with van der Waals surface area (Å²) in [6, 6.07) is 9.30. The van der Waals surface area contributed by atoms with Crippen LogP contribution < -0.4 is 0 Å². The Bertz CT molecular complexity index is 523. The minimum atomic E-state index is -0.563. The first kappa shape index (κ1) is 12.3.